The molecule has 0 aromatic carbocycles. The van der Waals surface area contributed by atoms with Gasteiger partial charge < -0.3 is 9.47 Å². The minimum absolute atomic E-state index is 0.0366. The minimum Gasteiger partial charge on any atom is -0.430 e. The van der Waals surface area contributed by atoms with E-state index >= 15 is 0 Å². The Bertz CT molecular complexity index is 861. The molecule has 1 aliphatic carbocycles. The highest BCUT2D eigenvalue weighted by Gasteiger charge is 2.34. The summed E-state index contributed by atoms with van der Waals surface area (Å²) in [7, 11) is 0. The molecule has 0 aliphatic heterocycles. The Hall–Kier alpha value is -2.02. The Morgan fingerprint density at radius 1 is 1.26 bits per heavy atom. The average Bonchev–Trinajstić information content (AvgIpc) is 2.98. The molecule has 0 unspecified atom stereocenters. The molecule has 3 atom stereocenters. The minimum atomic E-state index is -0.737. The van der Waals surface area contributed by atoms with Crippen LogP contribution in [0.4, 0.5) is 4.79 Å². The molecule has 0 spiro atoms. The fraction of sp³-hybridized carbons (Fsp3) is 0.600. The first-order valence-corrected chi connectivity index (χ1v) is 10.2. The quantitative estimate of drug-likeness (QED) is 0.529. The van der Waals surface area contributed by atoms with E-state index in [4.69, 9.17) is 9.47 Å². The molecular formula is C20H26N2O4S. The molecule has 7 heteroatoms. The Labute approximate surface area is 163 Å². The van der Waals surface area contributed by atoms with Gasteiger partial charge in [0, 0.05) is 0 Å². The van der Waals surface area contributed by atoms with Crippen molar-refractivity contribution in [2.24, 2.45) is 17.8 Å². The molecule has 0 bridgehead atoms. The van der Waals surface area contributed by atoms with Gasteiger partial charge in [0.2, 0.25) is 5.88 Å². The number of carbonyl (C=O) groups is 2. The first-order valence-electron chi connectivity index (χ1n) is 9.42. The molecule has 0 radical (unpaired) electrons. The van der Waals surface area contributed by atoms with Gasteiger partial charge in [-0.3, -0.25) is 4.79 Å². The van der Waals surface area contributed by atoms with Gasteiger partial charge in [-0.1, -0.05) is 27.2 Å². The molecule has 3 rings (SSSR count). The zero-order chi connectivity index (χ0) is 19.7. The topological polar surface area (TPSA) is 78.4 Å². The van der Waals surface area contributed by atoms with Crippen molar-refractivity contribution in [1.82, 2.24) is 9.97 Å². The summed E-state index contributed by atoms with van der Waals surface area (Å²) in [5, 5.41) is 0. The summed E-state index contributed by atoms with van der Waals surface area (Å²) < 4.78 is 11.0. The highest BCUT2D eigenvalue weighted by atomic mass is 32.1. The lowest BCUT2D eigenvalue weighted by Gasteiger charge is -2.36. The van der Waals surface area contributed by atoms with Crippen LogP contribution in [0.2, 0.25) is 0 Å². The van der Waals surface area contributed by atoms with E-state index < -0.39 is 6.16 Å². The molecule has 2 aromatic rings. The number of hydrogen-bond donors (Lipinski definition) is 0. The molecule has 2 aromatic heterocycles. The van der Waals surface area contributed by atoms with Crippen molar-refractivity contribution in [1.29, 1.82) is 0 Å². The number of carbonyl (C=O) groups excluding carboxylic acids is 2. The Kier molecular flexibility index (Phi) is 5.79. The predicted octanol–water partition coefficient (Wildman–Crippen LogP) is 5.18. The third-order valence-corrected chi connectivity index (χ3v) is 6.35. The van der Waals surface area contributed by atoms with Crippen molar-refractivity contribution in [3.63, 3.8) is 0 Å². The van der Waals surface area contributed by atoms with E-state index in [2.05, 4.69) is 30.7 Å². The molecule has 1 fully saturated rings. The van der Waals surface area contributed by atoms with Crippen molar-refractivity contribution in [3.8, 4) is 5.88 Å². The number of nitrogens with zero attached hydrogens (tertiary/aromatic N) is 2. The van der Waals surface area contributed by atoms with E-state index in [1.54, 1.807) is 13.0 Å². The van der Waals surface area contributed by atoms with E-state index in [0.29, 0.717) is 38.7 Å². The van der Waals surface area contributed by atoms with Crippen LogP contribution in [0, 0.1) is 24.7 Å². The van der Waals surface area contributed by atoms with Gasteiger partial charge in [-0.25, -0.2) is 14.8 Å². The molecule has 146 valence electrons. The van der Waals surface area contributed by atoms with Crippen molar-refractivity contribution < 1.29 is 19.1 Å². The van der Waals surface area contributed by atoms with Gasteiger partial charge in [0.25, 0.3) is 0 Å². The van der Waals surface area contributed by atoms with Crippen LogP contribution in [0.15, 0.2) is 6.07 Å². The van der Waals surface area contributed by atoms with Gasteiger partial charge in [0.05, 0.1) is 4.88 Å². The van der Waals surface area contributed by atoms with Gasteiger partial charge in [-0.2, -0.15) is 0 Å². The third-order valence-electron chi connectivity index (χ3n) is 5.23. The lowest BCUT2D eigenvalue weighted by Crippen LogP contribution is -2.36. The lowest BCUT2D eigenvalue weighted by molar-refractivity contribution is -0.0143. The van der Waals surface area contributed by atoms with E-state index in [1.165, 1.54) is 18.3 Å². The first-order chi connectivity index (χ1) is 12.7. The molecular weight excluding hydrogens is 364 g/mol. The van der Waals surface area contributed by atoms with Crippen LogP contribution in [0.5, 0.6) is 5.88 Å². The summed E-state index contributed by atoms with van der Waals surface area (Å²) in [6.45, 7) is 9.74. The van der Waals surface area contributed by atoms with Gasteiger partial charge in [0.15, 0.2) is 5.78 Å². The molecule has 6 nitrogen and oxygen atoms in total. The highest BCUT2D eigenvalue weighted by molar-refractivity contribution is 7.20. The van der Waals surface area contributed by atoms with Crippen molar-refractivity contribution >= 4 is 33.6 Å². The number of Topliss-reactive ketones (excluding diaryl/α,β-unsaturated/α-hetero) is 1. The Morgan fingerprint density at radius 3 is 2.67 bits per heavy atom. The fourth-order valence-electron chi connectivity index (χ4n) is 3.67. The van der Waals surface area contributed by atoms with E-state index in [0.717, 1.165) is 19.3 Å². The standard InChI is InChI=1S/C20H26N2O4S/c1-10(2)14-7-6-11(3)8-16(14)25-20(24)26-18-12(4)21-19-15(22-18)9-17(27-19)13(5)23/h9-11,14,16H,6-8H2,1-5H3/t11-,14+,16-/m1/s1. The molecule has 27 heavy (non-hydrogen) atoms. The van der Waals surface area contributed by atoms with Crippen LogP contribution in [0.3, 0.4) is 0 Å². The van der Waals surface area contributed by atoms with Gasteiger partial charge in [-0.05, 0) is 50.5 Å². The van der Waals surface area contributed by atoms with Gasteiger partial charge in [0.1, 0.15) is 22.1 Å². The Balaban J connectivity index is 1.74. The second-order valence-corrected chi connectivity index (χ2v) is 8.84. The number of rotatable bonds is 4. The van der Waals surface area contributed by atoms with Crippen LogP contribution >= 0.6 is 11.3 Å². The molecule has 0 amide bonds. The van der Waals surface area contributed by atoms with E-state index in [1.807, 2.05) is 0 Å². The van der Waals surface area contributed by atoms with Crippen molar-refractivity contribution in [2.75, 3.05) is 0 Å². The summed E-state index contributed by atoms with van der Waals surface area (Å²) in [5.41, 5.74) is 1.04. The van der Waals surface area contributed by atoms with Crippen LogP contribution in [-0.2, 0) is 4.74 Å². The van der Waals surface area contributed by atoms with Crippen LogP contribution in [0.1, 0.15) is 62.3 Å². The fourth-order valence-corrected chi connectivity index (χ4v) is 4.58. The molecule has 1 saturated carbocycles. The summed E-state index contributed by atoms with van der Waals surface area (Å²) in [6.07, 6.45) is 2.20. The summed E-state index contributed by atoms with van der Waals surface area (Å²) in [4.78, 5) is 33.9. The monoisotopic (exact) mass is 390 g/mol. The number of fused-ring (bicyclic) bond motifs is 1. The second kappa shape index (κ2) is 7.92. The molecule has 0 saturated heterocycles. The van der Waals surface area contributed by atoms with Crippen molar-refractivity contribution in [3.05, 3.63) is 16.6 Å². The maximum atomic E-state index is 12.4. The maximum Gasteiger partial charge on any atom is 0.515 e. The van der Waals surface area contributed by atoms with Crippen LogP contribution in [-0.4, -0.2) is 28.0 Å². The largest absolute Gasteiger partial charge is 0.515 e. The zero-order valence-electron chi connectivity index (χ0n) is 16.4. The van der Waals surface area contributed by atoms with Gasteiger partial charge in [-0.15, -0.1) is 11.3 Å². The number of hydrogen-bond acceptors (Lipinski definition) is 7. The van der Waals surface area contributed by atoms with E-state index in [9.17, 15) is 9.59 Å². The third kappa shape index (κ3) is 4.46. The summed E-state index contributed by atoms with van der Waals surface area (Å²) in [5.74, 6) is 1.42. The SMILES string of the molecule is CC(=O)c1cc2nc(OC(=O)O[C@@H]3C[C@H](C)CC[C@H]3C(C)C)c(C)nc2s1. The first kappa shape index (κ1) is 19.7. The predicted molar refractivity (Wildman–Crippen MR) is 104 cm³/mol. The lowest BCUT2D eigenvalue weighted by atomic mass is 9.75. The number of aryl methyl sites for hydroxylation is 1. The molecule has 2 heterocycles. The highest BCUT2D eigenvalue weighted by Crippen LogP contribution is 2.35. The number of aromatic nitrogens is 2. The number of ketones is 1. The smallest absolute Gasteiger partial charge is 0.430 e. The molecule has 0 N–H and O–H groups in total. The normalized spacial score (nSPS) is 22.8. The van der Waals surface area contributed by atoms with E-state index in [-0.39, 0.29) is 17.8 Å². The summed E-state index contributed by atoms with van der Waals surface area (Å²) >= 11 is 1.28. The number of thiophene rings is 1. The Morgan fingerprint density at radius 2 is 2.00 bits per heavy atom. The van der Waals surface area contributed by atoms with Gasteiger partial charge >= 0.3 is 6.16 Å². The number of ether oxygens (including phenoxy) is 2. The maximum absolute atomic E-state index is 12.4. The summed E-state index contributed by atoms with van der Waals surface area (Å²) in [6, 6.07) is 1.67. The van der Waals surface area contributed by atoms with Crippen LogP contribution < -0.4 is 4.74 Å². The molecule has 1 aliphatic rings. The van der Waals surface area contributed by atoms with Crippen molar-refractivity contribution in [2.45, 2.75) is 60.0 Å². The second-order valence-electron chi connectivity index (χ2n) is 7.81. The van der Waals surface area contributed by atoms with Crippen LogP contribution in [0.25, 0.3) is 10.3 Å². The average molecular weight is 391 g/mol. The zero-order valence-corrected chi connectivity index (χ0v) is 17.3.